The van der Waals surface area contributed by atoms with Crippen LogP contribution in [-0.4, -0.2) is 16.0 Å². The second-order valence-corrected chi connectivity index (χ2v) is 5.19. The Kier molecular flexibility index (Phi) is 4.69. The molecule has 0 saturated heterocycles. The van der Waals surface area contributed by atoms with Crippen molar-refractivity contribution >= 4 is 5.95 Å². The highest BCUT2D eigenvalue weighted by Gasteiger charge is 2.15. The average molecular weight is 270 g/mol. The number of aromatic nitrogens is 2. The van der Waals surface area contributed by atoms with Gasteiger partial charge in [-0.25, -0.2) is 9.97 Å². The molecule has 2 aromatic rings. The summed E-state index contributed by atoms with van der Waals surface area (Å²) >= 11 is 0. The number of hydrogen-bond donors (Lipinski definition) is 1. The molecule has 0 bridgehead atoms. The molecule has 4 nitrogen and oxygen atoms in total. The maximum Gasteiger partial charge on any atom is 0.226 e. The molecule has 0 radical (unpaired) electrons. The largest absolute Gasteiger partial charge is 0.334 e. The number of nitrogens with two attached hydrogens (primary N) is 1. The van der Waals surface area contributed by atoms with Crippen LogP contribution in [0.25, 0.3) is 0 Å². The van der Waals surface area contributed by atoms with Crippen molar-refractivity contribution in [1.29, 1.82) is 0 Å². The van der Waals surface area contributed by atoms with E-state index in [2.05, 4.69) is 53.0 Å². The number of nitrogens with zero attached hydrogens (tertiary/aromatic N) is 3. The van der Waals surface area contributed by atoms with Crippen LogP contribution in [0.15, 0.2) is 36.5 Å². The minimum atomic E-state index is 0.332. The van der Waals surface area contributed by atoms with Crippen LogP contribution in [0, 0.1) is 6.92 Å². The highest BCUT2D eigenvalue weighted by molar-refractivity contribution is 5.35. The molecule has 20 heavy (non-hydrogen) atoms. The van der Waals surface area contributed by atoms with Crippen molar-refractivity contribution in [2.45, 2.75) is 39.9 Å². The minimum Gasteiger partial charge on any atom is -0.334 e. The van der Waals surface area contributed by atoms with Gasteiger partial charge in [-0.05, 0) is 26.3 Å². The normalized spacial score (nSPS) is 10.8. The van der Waals surface area contributed by atoms with Crippen LogP contribution in [0.5, 0.6) is 0 Å². The Morgan fingerprint density at radius 3 is 2.45 bits per heavy atom. The van der Waals surface area contributed by atoms with Crippen molar-refractivity contribution in [3.8, 4) is 0 Å². The van der Waals surface area contributed by atoms with E-state index in [1.165, 1.54) is 5.56 Å². The van der Waals surface area contributed by atoms with E-state index in [1.807, 2.05) is 19.2 Å². The first-order chi connectivity index (χ1) is 9.61. The average Bonchev–Trinajstić information content (AvgIpc) is 2.45. The second-order valence-electron chi connectivity index (χ2n) is 5.19. The molecule has 0 spiro atoms. The summed E-state index contributed by atoms with van der Waals surface area (Å²) in [5.41, 5.74) is 8.87. The lowest BCUT2D eigenvalue weighted by Crippen LogP contribution is -2.32. The first-order valence-corrected chi connectivity index (χ1v) is 6.95. The van der Waals surface area contributed by atoms with Gasteiger partial charge in [-0.3, -0.25) is 0 Å². The Labute approximate surface area is 120 Å². The number of aryl methyl sites for hydroxylation is 1. The van der Waals surface area contributed by atoms with Gasteiger partial charge in [-0.1, -0.05) is 30.3 Å². The molecule has 0 aliphatic carbocycles. The predicted molar refractivity (Wildman–Crippen MR) is 82.4 cm³/mol. The topological polar surface area (TPSA) is 55.0 Å². The molecule has 0 aliphatic heterocycles. The lowest BCUT2D eigenvalue weighted by atomic mass is 10.2. The zero-order valence-corrected chi connectivity index (χ0v) is 12.4. The zero-order valence-electron chi connectivity index (χ0n) is 12.4. The van der Waals surface area contributed by atoms with E-state index in [0.717, 1.165) is 23.8 Å². The van der Waals surface area contributed by atoms with E-state index in [4.69, 9.17) is 5.73 Å². The van der Waals surface area contributed by atoms with Gasteiger partial charge in [-0.15, -0.1) is 0 Å². The van der Waals surface area contributed by atoms with Crippen LogP contribution in [0.2, 0.25) is 0 Å². The van der Waals surface area contributed by atoms with Gasteiger partial charge in [0.1, 0.15) is 0 Å². The van der Waals surface area contributed by atoms with Gasteiger partial charge in [0.05, 0.1) is 0 Å². The summed E-state index contributed by atoms with van der Waals surface area (Å²) in [6.45, 7) is 7.57. The van der Waals surface area contributed by atoms with Gasteiger partial charge in [0.25, 0.3) is 0 Å². The van der Waals surface area contributed by atoms with E-state index in [9.17, 15) is 0 Å². The first kappa shape index (κ1) is 14.5. The van der Waals surface area contributed by atoms with E-state index in [-0.39, 0.29) is 0 Å². The molecule has 1 heterocycles. The molecule has 106 valence electrons. The highest BCUT2D eigenvalue weighted by Crippen LogP contribution is 2.17. The lowest BCUT2D eigenvalue weighted by Gasteiger charge is -2.27. The van der Waals surface area contributed by atoms with Crippen molar-refractivity contribution in [2.75, 3.05) is 4.90 Å². The third-order valence-corrected chi connectivity index (χ3v) is 3.36. The zero-order chi connectivity index (χ0) is 14.5. The quantitative estimate of drug-likeness (QED) is 0.907. The number of benzene rings is 1. The van der Waals surface area contributed by atoms with Crippen LogP contribution in [0.3, 0.4) is 0 Å². The fourth-order valence-electron chi connectivity index (χ4n) is 2.08. The fraction of sp³-hybridized carbons (Fsp3) is 0.375. The van der Waals surface area contributed by atoms with Crippen LogP contribution in [0.4, 0.5) is 5.95 Å². The van der Waals surface area contributed by atoms with Crippen LogP contribution < -0.4 is 10.6 Å². The fourth-order valence-corrected chi connectivity index (χ4v) is 2.08. The van der Waals surface area contributed by atoms with E-state index in [0.29, 0.717) is 12.6 Å². The smallest absolute Gasteiger partial charge is 0.226 e. The van der Waals surface area contributed by atoms with Gasteiger partial charge >= 0.3 is 0 Å². The number of rotatable bonds is 5. The van der Waals surface area contributed by atoms with Gasteiger partial charge in [0, 0.05) is 36.6 Å². The number of anilines is 1. The molecule has 1 aromatic heterocycles. The summed E-state index contributed by atoms with van der Waals surface area (Å²) < 4.78 is 0. The van der Waals surface area contributed by atoms with Gasteiger partial charge in [0.2, 0.25) is 5.95 Å². The minimum absolute atomic E-state index is 0.332. The molecule has 2 N–H and O–H groups in total. The predicted octanol–water partition coefficient (Wildman–Crippen LogP) is 2.66. The maximum atomic E-state index is 5.67. The summed E-state index contributed by atoms with van der Waals surface area (Å²) in [6, 6.07) is 10.7. The van der Waals surface area contributed by atoms with Gasteiger partial charge in [0.15, 0.2) is 0 Å². The Hall–Kier alpha value is -1.94. The lowest BCUT2D eigenvalue weighted by molar-refractivity contribution is 0.657. The van der Waals surface area contributed by atoms with E-state index >= 15 is 0 Å². The Bertz CT molecular complexity index is 552. The third kappa shape index (κ3) is 3.33. The summed E-state index contributed by atoms with van der Waals surface area (Å²) in [5, 5.41) is 0. The van der Waals surface area contributed by atoms with Crippen molar-refractivity contribution in [2.24, 2.45) is 5.73 Å². The van der Waals surface area contributed by atoms with E-state index in [1.54, 1.807) is 0 Å². The Morgan fingerprint density at radius 1 is 1.20 bits per heavy atom. The van der Waals surface area contributed by atoms with Crippen molar-refractivity contribution < 1.29 is 0 Å². The molecule has 0 saturated carbocycles. The molecule has 0 amide bonds. The van der Waals surface area contributed by atoms with Gasteiger partial charge < -0.3 is 10.6 Å². The number of hydrogen-bond acceptors (Lipinski definition) is 4. The molecule has 0 atom stereocenters. The van der Waals surface area contributed by atoms with Crippen molar-refractivity contribution in [3.05, 3.63) is 53.3 Å². The molecule has 0 fully saturated rings. The summed E-state index contributed by atoms with van der Waals surface area (Å²) in [6.07, 6.45) is 1.83. The highest BCUT2D eigenvalue weighted by atomic mass is 15.3. The second kappa shape index (κ2) is 6.48. The van der Waals surface area contributed by atoms with Crippen LogP contribution in [-0.2, 0) is 13.1 Å². The van der Waals surface area contributed by atoms with Crippen molar-refractivity contribution in [1.82, 2.24) is 9.97 Å². The molecule has 0 unspecified atom stereocenters. The molecule has 1 aromatic carbocycles. The first-order valence-electron chi connectivity index (χ1n) is 6.95. The maximum absolute atomic E-state index is 5.67. The van der Waals surface area contributed by atoms with Crippen molar-refractivity contribution in [3.63, 3.8) is 0 Å². The monoisotopic (exact) mass is 270 g/mol. The SMILES string of the molecule is Cc1nc(N(Cc2ccccc2)C(C)C)ncc1CN. The van der Waals surface area contributed by atoms with Crippen LogP contribution >= 0.6 is 0 Å². The summed E-state index contributed by atoms with van der Waals surface area (Å²) in [5.74, 6) is 0.763. The molecule has 0 aliphatic rings. The third-order valence-electron chi connectivity index (χ3n) is 3.36. The molecule has 2 rings (SSSR count). The Morgan fingerprint density at radius 2 is 1.90 bits per heavy atom. The molecular formula is C16H22N4. The van der Waals surface area contributed by atoms with Gasteiger partial charge in [-0.2, -0.15) is 0 Å². The summed E-state index contributed by atoms with van der Waals surface area (Å²) in [4.78, 5) is 11.3. The standard InChI is InChI=1S/C16H22N4/c1-12(2)20(11-14-7-5-4-6-8-14)16-18-10-15(9-17)13(3)19-16/h4-8,10,12H,9,11,17H2,1-3H3. The van der Waals surface area contributed by atoms with E-state index < -0.39 is 0 Å². The molecular weight excluding hydrogens is 248 g/mol. The van der Waals surface area contributed by atoms with Crippen LogP contribution in [0.1, 0.15) is 30.7 Å². The Balaban J connectivity index is 2.27. The summed E-state index contributed by atoms with van der Waals surface area (Å²) in [7, 11) is 0. The molecule has 4 heteroatoms.